The molecule has 0 atom stereocenters. The highest BCUT2D eigenvalue weighted by Crippen LogP contribution is 2.28. The molecule has 0 spiro atoms. The van der Waals surface area contributed by atoms with E-state index in [-0.39, 0.29) is 4.90 Å². The summed E-state index contributed by atoms with van der Waals surface area (Å²) in [5, 5.41) is 8.52. The number of sulfonamides is 1. The Kier molecular flexibility index (Phi) is 4.06. The number of nitrogens with one attached hydrogen (secondary N) is 1. The topological polar surface area (TPSA) is 89.8 Å². The van der Waals surface area contributed by atoms with Crippen molar-refractivity contribution in [2.24, 2.45) is 0 Å². The molecule has 0 saturated carbocycles. The molecule has 0 unspecified atom stereocenters. The molecule has 0 aliphatic carbocycles. The van der Waals surface area contributed by atoms with Crippen molar-refractivity contribution < 1.29 is 8.42 Å². The minimum Gasteiger partial charge on any atom is -0.277 e. The maximum absolute atomic E-state index is 12.7. The lowest BCUT2D eigenvalue weighted by Gasteiger charge is -2.13. The van der Waals surface area contributed by atoms with E-state index in [1.807, 2.05) is 0 Å². The minimum absolute atomic E-state index is 0.158. The van der Waals surface area contributed by atoms with Crippen LogP contribution in [-0.4, -0.2) is 28.4 Å². The zero-order chi connectivity index (χ0) is 18.1. The molecule has 1 N–H and O–H groups in total. The molecule has 4 aromatic rings. The van der Waals surface area contributed by atoms with Gasteiger partial charge in [0, 0.05) is 11.2 Å². The second kappa shape index (κ2) is 6.40. The van der Waals surface area contributed by atoms with E-state index in [4.69, 9.17) is 11.6 Å². The largest absolute Gasteiger partial charge is 0.277 e. The smallest absolute Gasteiger partial charge is 0.261 e. The first-order chi connectivity index (χ1) is 12.5. The van der Waals surface area contributed by atoms with E-state index in [9.17, 15) is 8.42 Å². The molecule has 0 bridgehead atoms. The van der Waals surface area contributed by atoms with Gasteiger partial charge in [0.25, 0.3) is 10.0 Å². The molecule has 0 saturated heterocycles. The van der Waals surface area contributed by atoms with E-state index in [1.165, 1.54) is 16.8 Å². The number of anilines is 1. The fourth-order valence-electron chi connectivity index (χ4n) is 2.51. The monoisotopic (exact) mass is 385 g/mol. The standard InChI is InChI=1S/C17H12ClN5O2S/c18-12-8-9-14(21-26(24,25)13-5-2-1-3-6-13)16(11-12)23-15-7-4-10-19-17(15)20-22-23/h1-11,21H. The maximum atomic E-state index is 12.7. The summed E-state index contributed by atoms with van der Waals surface area (Å²) < 4.78 is 29.4. The SMILES string of the molecule is O=S(=O)(Nc1ccc(Cl)cc1-n1nnc2ncccc21)c1ccccc1. The average Bonchev–Trinajstić information content (AvgIpc) is 3.08. The molecule has 2 aromatic carbocycles. The Morgan fingerprint density at radius 2 is 1.81 bits per heavy atom. The predicted molar refractivity (Wildman–Crippen MR) is 98.9 cm³/mol. The van der Waals surface area contributed by atoms with Gasteiger partial charge in [-0.05, 0) is 42.5 Å². The van der Waals surface area contributed by atoms with Crippen molar-refractivity contribution in [3.05, 3.63) is 71.9 Å². The molecule has 130 valence electrons. The van der Waals surface area contributed by atoms with Crippen molar-refractivity contribution >= 4 is 38.5 Å². The number of nitrogens with zero attached hydrogens (tertiary/aromatic N) is 4. The number of hydrogen-bond acceptors (Lipinski definition) is 5. The lowest BCUT2D eigenvalue weighted by atomic mass is 10.2. The lowest BCUT2D eigenvalue weighted by Crippen LogP contribution is -2.15. The fourth-order valence-corrected chi connectivity index (χ4v) is 3.78. The van der Waals surface area contributed by atoms with Crippen LogP contribution in [-0.2, 0) is 10.0 Å². The first-order valence-electron chi connectivity index (χ1n) is 7.59. The Morgan fingerprint density at radius 3 is 2.62 bits per heavy atom. The number of aromatic nitrogens is 4. The second-order valence-electron chi connectivity index (χ2n) is 5.43. The summed E-state index contributed by atoms with van der Waals surface area (Å²) in [6, 6.07) is 16.5. The van der Waals surface area contributed by atoms with Crippen LogP contribution in [0.3, 0.4) is 0 Å². The first-order valence-corrected chi connectivity index (χ1v) is 9.45. The molecule has 4 rings (SSSR count). The van der Waals surface area contributed by atoms with E-state index >= 15 is 0 Å². The van der Waals surface area contributed by atoms with Gasteiger partial charge in [-0.3, -0.25) is 4.72 Å². The minimum atomic E-state index is -3.76. The van der Waals surface area contributed by atoms with Crippen molar-refractivity contribution in [3.8, 4) is 5.69 Å². The summed E-state index contributed by atoms with van der Waals surface area (Å²) in [6.45, 7) is 0. The predicted octanol–water partition coefficient (Wildman–Crippen LogP) is 3.27. The molecular weight excluding hydrogens is 374 g/mol. The molecule has 2 heterocycles. The second-order valence-corrected chi connectivity index (χ2v) is 7.55. The van der Waals surface area contributed by atoms with Crippen LogP contribution in [0.5, 0.6) is 0 Å². The van der Waals surface area contributed by atoms with Gasteiger partial charge in [-0.1, -0.05) is 35.0 Å². The molecule has 0 fully saturated rings. The number of pyridine rings is 1. The summed E-state index contributed by atoms with van der Waals surface area (Å²) in [4.78, 5) is 4.29. The van der Waals surface area contributed by atoms with Crippen molar-refractivity contribution in [3.63, 3.8) is 0 Å². The van der Waals surface area contributed by atoms with Crippen molar-refractivity contribution in [2.75, 3.05) is 4.72 Å². The summed E-state index contributed by atoms with van der Waals surface area (Å²) in [6.07, 6.45) is 1.61. The van der Waals surface area contributed by atoms with Gasteiger partial charge in [0.05, 0.1) is 16.3 Å². The average molecular weight is 386 g/mol. The van der Waals surface area contributed by atoms with Gasteiger partial charge in [-0.2, -0.15) is 0 Å². The van der Waals surface area contributed by atoms with E-state index in [0.717, 1.165) is 0 Å². The first kappa shape index (κ1) is 16.5. The fraction of sp³-hybridized carbons (Fsp3) is 0. The summed E-state index contributed by atoms with van der Waals surface area (Å²) in [5.74, 6) is 0. The third kappa shape index (κ3) is 3.00. The van der Waals surface area contributed by atoms with Gasteiger partial charge in [0.2, 0.25) is 5.65 Å². The summed E-state index contributed by atoms with van der Waals surface area (Å²) in [5.41, 5.74) is 1.86. The molecule has 9 heteroatoms. The number of fused-ring (bicyclic) bond motifs is 1. The Morgan fingerprint density at radius 1 is 1.00 bits per heavy atom. The normalized spacial score (nSPS) is 11.6. The van der Waals surface area contributed by atoms with Crippen LogP contribution in [0.25, 0.3) is 16.9 Å². The third-order valence-electron chi connectivity index (χ3n) is 3.71. The van der Waals surface area contributed by atoms with Crippen LogP contribution in [0.2, 0.25) is 5.02 Å². The molecule has 0 aliphatic rings. The van der Waals surface area contributed by atoms with Gasteiger partial charge < -0.3 is 0 Å². The number of halogens is 1. The van der Waals surface area contributed by atoms with Crippen molar-refractivity contribution in [2.45, 2.75) is 4.90 Å². The highest BCUT2D eigenvalue weighted by molar-refractivity contribution is 7.92. The molecule has 2 aromatic heterocycles. The van der Waals surface area contributed by atoms with E-state index in [0.29, 0.717) is 27.6 Å². The molecule has 7 nitrogen and oxygen atoms in total. The van der Waals surface area contributed by atoms with Crippen LogP contribution < -0.4 is 4.72 Å². The van der Waals surface area contributed by atoms with Crippen molar-refractivity contribution in [1.29, 1.82) is 0 Å². The van der Waals surface area contributed by atoms with E-state index in [1.54, 1.807) is 54.7 Å². The van der Waals surface area contributed by atoms with Gasteiger partial charge in [-0.25, -0.2) is 18.1 Å². The van der Waals surface area contributed by atoms with Gasteiger partial charge >= 0.3 is 0 Å². The maximum Gasteiger partial charge on any atom is 0.261 e. The molecule has 0 amide bonds. The van der Waals surface area contributed by atoms with Crippen LogP contribution in [0.15, 0.2) is 71.8 Å². The highest BCUT2D eigenvalue weighted by atomic mass is 35.5. The Balaban J connectivity index is 1.84. The highest BCUT2D eigenvalue weighted by Gasteiger charge is 2.18. The Bertz CT molecular complexity index is 1190. The lowest BCUT2D eigenvalue weighted by molar-refractivity contribution is 0.601. The summed E-state index contributed by atoms with van der Waals surface area (Å²) >= 11 is 6.12. The summed E-state index contributed by atoms with van der Waals surface area (Å²) in [7, 11) is -3.76. The van der Waals surface area contributed by atoms with Gasteiger partial charge in [0.15, 0.2) is 0 Å². The van der Waals surface area contributed by atoms with Crippen molar-refractivity contribution in [1.82, 2.24) is 20.0 Å². The Hall–Kier alpha value is -2.97. The number of benzene rings is 2. The van der Waals surface area contributed by atoms with Crippen LogP contribution in [0, 0.1) is 0 Å². The van der Waals surface area contributed by atoms with Crippen LogP contribution in [0.4, 0.5) is 5.69 Å². The number of hydrogen-bond donors (Lipinski definition) is 1. The van der Waals surface area contributed by atoms with E-state index in [2.05, 4.69) is 20.0 Å². The molecule has 0 aliphatic heterocycles. The third-order valence-corrected chi connectivity index (χ3v) is 5.33. The molecular formula is C17H12ClN5O2S. The number of rotatable bonds is 4. The van der Waals surface area contributed by atoms with E-state index < -0.39 is 10.0 Å². The molecule has 26 heavy (non-hydrogen) atoms. The quantitative estimate of drug-likeness (QED) is 0.582. The van der Waals surface area contributed by atoms with Crippen LogP contribution in [0.1, 0.15) is 0 Å². The molecule has 0 radical (unpaired) electrons. The van der Waals surface area contributed by atoms with Gasteiger partial charge in [-0.15, -0.1) is 5.10 Å². The van der Waals surface area contributed by atoms with Crippen LogP contribution >= 0.6 is 11.6 Å². The zero-order valence-corrected chi connectivity index (χ0v) is 14.8. The van der Waals surface area contributed by atoms with Gasteiger partial charge in [0.1, 0.15) is 5.52 Å². The Labute approximate surface area is 154 Å². The zero-order valence-electron chi connectivity index (χ0n) is 13.2.